The topological polar surface area (TPSA) is 88.2 Å². The van der Waals surface area contributed by atoms with E-state index in [1.807, 2.05) is 0 Å². The summed E-state index contributed by atoms with van der Waals surface area (Å²) < 4.78 is 0. The second kappa shape index (κ2) is 6.33. The lowest BCUT2D eigenvalue weighted by atomic mass is 9.79. The van der Waals surface area contributed by atoms with E-state index in [-0.39, 0.29) is 5.91 Å². The van der Waals surface area contributed by atoms with Crippen molar-refractivity contribution in [1.29, 1.82) is 0 Å². The van der Waals surface area contributed by atoms with Crippen LogP contribution in [-0.4, -0.2) is 28.1 Å². The molecule has 1 fully saturated rings. The first-order chi connectivity index (χ1) is 9.52. The van der Waals surface area contributed by atoms with Crippen LogP contribution in [0.15, 0.2) is 18.3 Å². The van der Waals surface area contributed by atoms with Gasteiger partial charge in [0.2, 0.25) is 0 Å². The number of hydrogen-bond donors (Lipinski definition) is 3. The number of hydrogen-bond acceptors (Lipinski definition) is 4. The number of carbonyl (C=O) groups excluding carboxylic acids is 1. The van der Waals surface area contributed by atoms with Gasteiger partial charge >= 0.3 is 0 Å². The first-order valence-corrected chi connectivity index (χ1v) is 7.18. The minimum atomic E-state index is -0.758. The van der Waals surface area contributed by atoms with Crippen molar-refractivity contribution in [2.45, 2.75) is 44.8 Å². The summed E-state index contributed by atoms with van der Waals surface area (Å²) in [6.07, 6.45) is 5.10. The summed E-state index contributed by atoms with van der Waals surface area (Å²) in [5.41, 5.74) is 5.97. The Hall–Kier alpha value is -1.46. The van der Waals surface area contributed by atoms with Crippen molar-refractivity contribution in [3.8, 4) is 0 Å². The molecular weight excluding hydrogens is 254 g/mol. The Morgan fingerprint density at radius 1 is 1.55 bits per heavy atom. The Kier molecular flexibility index (Phi) is 4.73. The summed E-state index contributed by atoms with van der Waals surface area (Å²) >= 11 is 0. The van der Waals surface area contributed by atoms with Crippen LogP contribution in [-0.2, 0) is 6.54 Å². The maximum Gasteiger partial charge on any atom is 0.251 e. The maximum absolute atomic E-state index is 12.1. The molecule has 2 rings (SSSR count). The van der Waals surface area contributed by atoms with E-state index in [1.165, 1.54) is 0 Å². The molecule has 20 heavy (non-hydrogen) atoms. The molecule has 0 spiro atoms. The van der Waals surface area contributed by atoms with Gasteiger partial charge in [-0.25, -0.2) is 0 Å². The highest BCUT2D eigenvalue weighted by molar-refractivity contribution is 5.94. The van der Waals surface area contributed by atoms with Gasteiger partial charge in [-0.2, -0.15) is 0 Å². The monoisotopic (exact) mass is 277 g/mol. The first kappa shape index (κ1) is 14.9. The van der Waals surface area contributed by atoms with Crippen LogP contribution in [0.1, 0.15) is 48.7 Å². The third-order valence-corrected chi connectivity index (χ3v) is 4.07. The second-order valence-electron chi connectivity index (χ2n) is 5.83. The molecule has 0 saturated heterocycles. The van der Waals surface area contributed by atoms with Crippen LogP contribution < -0.4 is 11.1 Å². The zero-order valence-corrected chi connectivity index (χ0v) is 11.9. The third kappa shape index (κ3) is 3.77. The first-order valence-electron chi connectivity index (χ1n) is 7.18. The maximum atomic E-state index is 12.1. The molecule has 0 aromatic carbocycles. The number of nitrogens with one attached hydrogen (secondary N) is 1. The van der Waals surface area contributed by atoms with Crippen molar-refractivity contribution in [3.63, 3.8) is 0 Å². The predicted molar refractivity (Wildman–Crippen MR) is 77.0 cm³/mol. The van der Waals surface area contributed by atoms with E-state index >= 15 is 0 Å². The van der Waals surface area contributed by atoms with Crippen LogP contribution in [0.25, 0.3) is 0 Å². The molecule has 5 heteroatoms. The molecule has 1 aromatic rings. The van der Waals surface area contributed by atoms with E-state index < -0.39 is 5.60 Å². The van der Waals surface area contributed by atoms with Crippen molar-refractivity contribution in [2.75, 3.05) is 6.54 Å². The summed E-state index contributed by atoms with van der Waals surface area (Å²) in [6, 6.07) is 3.34. The molecule has 110 valence electrons. The lowest BCUT2D eigenvalue weighted by Crippen LogP contribution is -2.45. The standard InChI is InChI=1S/C15H23N3O2/c1-11-2-5-15(20,6-3-11)10-18-14(19)12-4-7-17-13(8-12)9-16/h4,7-8,11,20H,2-3,5-6,9-10,16H2,1H3,(H,18,19). The summed E-state index contributed by atoms with van der Waals surface area (Å²) in [5.74, 6) is 0.479. The smallest absolute Gasteiger partial charge is 0.251 e. The third-order valence-electron chi connectivity index (χ3n) is 4.07. The number of aliphatic hydroxyl groups is 1. The molecule has 1 amide bonds. The normalized spacial score (nSPS) is 26.2. The van der Waals surface area contributed by atoms with E-state index in [9.17, 15) is 9.90 Å². The largest absolute Gasteiger partial charge is 0.388 e. The van der Waals surface area contributed by atoms with Gasteiger partial charge in [0, 0.05) is 24.8 Å². The highest BCUT2D eigenvalue weighted by Gasteiger charge is 2.32. The van der Waals surface area contributed by atoms with Crippen LogP contribution in [0.5, 0.6) is 0 Å². The average molecular weight is 277 g/mol. The second-order valence-corrected chi connectivity index (χ2v) is 5.83. The van der Waals surface area contributed by atoms with Crippen LogP contribution in [0.2, 0.25) is 0 Å². The molecule has 1 heterocycles. The van der Waals surface area contributed by atoms with Gasteiger partial charge in [0.15, 0.2) is 0 Å². The fourth-order valence-electron chi connectivity index (χ4n) is 2.55. The number of nitrogens with two attached hydrogens (primary N) is 1. The molecule has 0 radical (unpaired) electrons. The summed E-state index contributed by atoms with van der Waals surface area (Å²) in [6.45, 7) is 2.81. The molecule has 0 unspecified atom stereocenters. The molecule has 0 bridgehead atoms. The number of carbonyl (C=O) groups is 1. The Morgan fingerprint density at radius 3 is 2.90 bits per heavy atom. The molecule has 4 N–H and O–H groups in total. The minimum Gasteiger partial charge on any atom is -0.388 e. The Morgan fingerprint density at radius 2 is 2.25 bits per heavy atom. The number of pyridine rings is 1. The number of amides is 1. The van der Waals surface area contributed by atoms with Crippen LogP contribution in [0, 0.1) is 5.92 Å². The fraction of sp³-hybridized carbons (Fsp3) is 0.600. The fourth-order valence-corrected chi connectivity index (χ4v) is 2.55. The van der Waals surface area contributed by atoms with Crippen molar-refractivity contribution in [1.82, 2.24) is 10.3 Å². The quantitative estimate of drug-likeness (QED) is 0.772. The van der Waals surface area contributed by atoms with Gasteiger partial charge in [0.1, 0.15) is 0 Å². The Balaban J connectivity index is 1.91. The SMILES string of the molecule is CC1CCC(O)(CNC(=O)c2ccnc(CN)c2)CC1. The number of aromatic nitrogens is 1. The van der Waals surface area contributed by atoms with Crippen molar-refractivity contribution in [2.24, 2.45) is 11.7 Å². The summed E-state index contributed by atoms with van der Waals surface area (Å²) in [7, 11) is 0. The molecule has 1 aliphatic carbocycles. The van der Waals surface area contributed by atoms with Gasteiger partial charge in [0.05, 0.1) is 11.3 Å². The lowest BCUT2D eigenvalue weighted by Gasteiger charge is -2.34. The number of nitrogens with zero attached hydrogens (tertiary/aromatic N) is 1. The van der Waals surface area contributed by atoms with Crippen LogP contribution >= 0.6 is 0 Å². The molecule has 0 atom stereocenters. The van der Waals surface area contributed by atoms with E-state index in [2.05, 4.69) is 17.2 Å². The number of rotatable bonds is 4. The zero-order valence-electron chi connectivity index (χ0n) is 11.9. The van der Waals surface area contributed by atoms with E-state index in [1.54, 1.807) is 18.3 Å². The van der Waals surface area contributed by atoms with E-state index in [0.717, 1.165) is 25.7 Å². The van der Waals surface area contributed by atoms with Gasteiger partial charge in [-0.15, -0.1) is 0 Å². The van der Waals surface area contributed by atoms with Gasteiger partial charge in [-0.3, -0.25) is 9.78 Å². The predicted octanol–water partition coefficient (Wildman–Crippen LogP) is 1.21. The van der Waals surface area contributed by atoms with Gasteiger partial charge < -0.3 is 16.2 Å². The zero-order chi connectivity index (χ0) is 14.6. The van der Waals surface area contributed by atoms with Gasteiger partial charge in [0.25, 0.3) is 5.91 Å². The average Bonchev–Trinajstić information content (AvgIpc) is 2.48. The lowest BCUT2D eigenvalue weighted by molar-refractivity contribution is -0.00540. The summed E-state index contributed by atoms with van der Waals surface area (Å²) in [4.78, 5) is 16.1. The molecule has 5 nitrogen and oxygen atoms in total. The van der Waals surface area contributed by atoms with E-state index in [4.69, 9.17) is 5.73 Å². The van der Waals surface area contributed by atoms with Crippen molar-refractivity contribution < 1.29 is 9.90 Å². The van der Waals surface area contributed by atoms with Crippen LogP contribution in [0.4, 0.5) is 0 Å². The Labute approximate surface area is 119 Å². The van der Waals surface area contributed by atoms with Gasteiger partial charge in [-0.1, -0.05) is 6.92 Å². The van der Waals surface area contributed by atoms with E-state index in [0.29, 0.717) is 30.3 Å². The van der Waals surface area contributed by atoms with Crippen LogP contribution in [0.3, 0.4) is 0 Å². The molecule has 1 aromatic heterocycles. The van der Waals surface area contributed by atoms with Crippen molar-refractivity contribution >= 4 is 5.91 Å². The summed E-state index contributed by atoms with van der Waals surface area (Å²) in [5, 5.41) is 13.3. The van der Waals surface area contributed by atoms with Crippen molar-refractivity contribution in [3.05, 3.63) is 29.6 Å². The molecule has 1 saturated carbocycles. The minimum absolute atomic E-state index is 0.186. The molecule has 0 aliphatic heterocycles. The Bertz CT molecular complexity index is 468. The highest BCUT2D eigenvalue weighted by atomic mass is 16.3. The molecular formula is C15H23N3O2. The highest BCUT2D eigenvalue weighted by Crippen LogP contribution is 2.31. The molecule has 1 aliphatic rings. The van der Waals surface area contributed by atoms with Gasteiger partial charge in [-0.05, 0) is 43.7 Å².